The third-order valence-electron chi connectivity index (χ3n) is 13.9. The Bertz CT molecular complexity index is 2230. The smallest absolute Gasteiger partial charge is 0.254 e. The zero-order valence-electron chi connectivity index (χ0n) is 44.4. The van der Waals surface area contributed by atoms with Crippen LogP contribution < -0.4 is 11.5 Å². The van der Waals surface area contributed by atoms with Crippen LogP contribution >= 0.6 is 0 Å². The number of amides is 2. The van der Waals surface area contributed by atoms with Crippen LogP contribution in [-0.2, 0) is 35.3 Å². The maximum absolute atomic E-state index is 12.9. The number of nitrogens with zero attached hydrogens (tertiary/aromatic N) is 2. The van der Waals surface area contributed by atoms with Gasteiger partial charge in [-0.25, -0.2) is 0 Å². The molecule has 0 radical (unpaired) electrons. The number of fused-ring (bicyclic) bond motifs is 1. The number of nitrogens with two attached hydrogens (primary N) is 2. The second kappa shape index (κ2) is 35.0. The number of rotatable bonds is 19. The molecule has 0 aromatic heterocycles. The third kappa shape index (κ3) is 21.4. The van der Waals surface area contributed by atoms with Crippen LogP contribution in [-0.4, -0.2) is 71.9 Å². The van der Waals surface area contributed by atoms with Gasteiger partial charge in [-0.2, -0.15) is 0 Å². The number of benzene rings is 6. The van der Waals surface area contributed by atoms with Crippen LogP contribution in [0.25, 0.3) is 10.8 Å². The molecule has 2 atom stereocenters. The van der Waals surface area contributed by atoms with E-state index < -0.39 is 0 Å². The summed E-state index contributed by atoms with van der Waals surface area (Å²) in [5.41, 5.74) is 19.4. The number of carbonyl (C=O) groups excluding carboxylic acids is 4. The van der Waals surface area contributed by atoms with Gasteiger partial charge in [0.2, 0.25) is 0 Å². The summed E-state index contributed by atoms with van der Waals surface area (Å²) in [6.07, 6.45) is 20.7. The molecule has 2 unspecified atom stereocenters. The fraction of sp³-hybridized carbons (Fsp3) is 0.415. The van der Waals surface area contributed by atoms with E-state index >= 15 is 0 Å². The van der Waals surface area contributed by atoms with Crippen LogP contribution in [0.1, 0.15) is 154 Å². The van der Waals surface area contributed by atoms with Gasteiger partial charge in [0.15, 0.2) is 0 Å². The average Bonchev–Trinajstić information content (AvgIpc) is 3.45. The summed E-state index contributed by atoms with van der Waals surface area (Å²) in [5.74, 6) is -0.00705. The Morgan fingerprint density at radius 1 is 0.507 bits per heavy atom. The van der Waals surface area contributed by atoms with E-state index in [1.54, 1.807) is 11.0 Å². The van der Waals surface area contributed by atoms with Gasteiger partial charge >= 0.3 is 0 Å². The average molecular weight is 987 g/mol. The maximum Gasteiger partial charge on any atom is 0.254 e. The summed E-state index contributed by atoms with van der Waals surface area (Å²) in [7, 11) is 0. The summed E-state index contributed by atoms with van der Waals surface area (Å²) >= 11 is 0. The van der Waals surface area contributed by atoms with Gasteiger partial charge in [0.05, 0.1) is 6.04 Å². The molecule has 6 aromatic rings. The van der Waals surface area contributed by atoms with Crippen molar-refractivity contribution in [2.45, 2.75) is 161 Å². The van der Waals surface area contributed by atoms with E-state index in [1.165, 1.54) is 54.4 Å². The Hall–Kier alpha value is -6.22. The molecule has 2 aliphatic heterocycles. The van der Waals surface area contributed by atoms with Crippen molar-refractivity contribution < 1.29 is 19.2 Å². The van der Waals surface area contributed by atoms with Gasteiger partial charge in [0.1, 0.15) is 13.1 Å². The van der Waals surface area contributed by atoms with E-state index in [9.17, 15) is 14.4 Å². The zero-order chi connectivity index (χ0) is 52.5. The Kier molecular flexibility index (Phi) is 28.5. The molecule has 0 bridgehead atoms. The quantitative estimate of drug-likeness (QED) is 0.0778. The molecule has 0 spiro atoms. The van der Waals surface area contributed by atoms with Gasteiger partial charge in [0, 0.05) is 42.3 Å². The number of aryl methyl sites for hydroxylation is 4. The van der Waals surface area contributed by atoms with Gasteiger partial charge in [0.25, 0.3) is 11.8 Å². The molecular weight excluding hydrogens is 901 g/mol. The van der Waals surface area contributed by atoms with Gasteiger partial charge in [-0.1, -0.05) is 147 Å². The van der Waals surface area contributed by atoms with Crippen molar-refractivity contribution in [3.8, 4) is 0 Å². The van der Waals surface area contributed by atoms with Crippen molar-refractivity contribution >= 4 is 35.7 Å². The fourth-order valence-corrected chi connectivity index (χ4v) is 9.74. The van der Waals surface area contributed by atoms with Crippen LogP contribution in [0.2, 0.25) is 0 Å². The molecule has 8 nitrogen and oxygen atoms in total. The molecule has 2 heterocycles. The van der Waals surface area contributed by atoms with E-state index in [0.29, 0.717) is 29.8 Å². The van der Waals surface area contributed by atoms with Crippen LogP contribution in [0.15, 0.2) is 158 Å². The fourth-order valence-electron chi connectivity index (χ4n) is 9.74. The third-order valence-corrected chi connectivity index (χ3v) is 13.9. The molecule has 2 fully saturated rings. The van der Waals surface area contributed by atoms with Crippen LogP contribution in [0.5, 0.6) is 0 Å². The number of aldehydes is 1. The second-order valence-electron chi connectivity index (χ2n) is 19.3. The van der Waals surface area contributed by atoms with Crippen molar-refractivity contribution in [1.29, 1.82) is 0 Å². The van der Waals surface area contributed by atoms with E-state index in [2.05, 4.69) is 128 Å². The first kappa shape index (κ1) is 59.3. The zero-order valence-corrected chi connectivity index (χ0v) is 44.4. The highest BCUT2D eigenvalue weighted by Gasteiger charge is 2.28. The molecule has 4 N–H and O–H groups in total. The molecular formula is C65H86N4O4. The predicted octanol–water partition coefficient (Wildman–Crippen LogP) is 13.6. The summed E-state index contributed by atoms with van der Waals surface area (Å²) in [4.78, 5) is 48.9. The molecule has 2 aliphatic rings. The standard InChI is InChI=1S/C24H28N2O3.2C19H25N.C2H6.CH2O/c1-17-6-2-4-12-25(17)23(28)20-10-8-19-15-21(11-9-18(19)14-20)24(29)26-13-5-3-7-22(26)16-27;2*20-19(15-7-13-17-9-3-1-4-10-17)16-8-14-18-11-5-2-6-12-18;2*1-2/h8-11,14-17,22H,2-7,12-13H2,1H3;2*1-6,9-12,19H,7-8,13-16,20H2;1-2H3;1H2. The lowest BCUT2D eigenvalue weighted by Gasteiger charge is -2.33. The molecule has 6 aromatic carbocycles. The first-order valence-electron chi connectivity index (χ1n) is 27.3. The molecule has 8 rings (SSSR count). The second-order valence-corrected chi connectivity index (χ2v) is 19.3. The SMILES string of the molecule is C=O.CC.CC1CCCCN1C(=O)c1ccc2cc(C(=O)N3CCCCC3C=O)ccc2c1.NC(CCCc1ccccc1)CCCc1ccccc1.NC(CCCc1ccccc1)CCCc1ccccc1. The van der Waals surface area contributed by atoms with E-state index in [0.717, 1.165) is 107 Å². The van der Waals surface area contributed by atoms with Crippen molar-refractivity contribution in [2.75, 3.05) is 13.1 Å². The lowest BCUT2D eigenvalue weighted by molar-refractivity contribution is -0.112. The van der Waals surface area contributed by atoms with E-state index in [-0.39, 0.29) is 23.9 Å². The normalized spacial score (nSPS) is 15.1. The lowest BCUT2D eigenvalue weighted by atomic mass is 9.99. The van der Waals surface area contributed by atoms with Gasteiger partial charge in [-0.3, -0.25) is 9.59 Å². The number of piperidine rings is 2. The van der Waals surface area contributed by atoms with Crippen LogP contribution in [0.3, 0.4) is 0 Å². The summed E-state index contributed by atoms with van der Waals surface area (Å²) < 4.78 is 0. The topological polar surface area (TPSA) is 127 Å². The minimum atomic E-state index is -0.321. The highest BCUT2D eigenvalue weighted by molar-refractivity contribution is 6.02. The van der Waals surface area contributed by atoms with E-state index in [1.807, 2.05) is 55.9 Å². The van der Waals surface area contributed by atoms with Crippen LogP contribution in [0.4, 0.5) is 0 Å². The predicted molar refractivity (Wildman–Crippen MR) is 305 cm³/mol. The first-order chi connectivity index (χ1) is 35.8. The Morgan fingerprint density at radius 2 is 0.836 bits per heavy atom. The Labute approximate surface area is 439 Å². The van der Waals surface area contributed by atoms with Crippen molar-refractivity contribution in [3.05, 3.63) is 191 Å². The Balaban J connectivity index is 0.000000235. The maximum atomic E-state index is 12.9. The number of hydrogen-bond donors (Lipinski definition) is 2. The van der Waals surface area contributed by atoms with Crippen molar-refractivity contribution in [3.63, 3.8) is 0 Å². The summed E-state index contributed by atoms with van der Waals surface area (Å²) in [6, 6.07) is 54.6. The van der Waals surface area contributed by atoms with Crippen molar-refractivity contribution in [2.24, 2.45) is 11.5 Å². The number of carbonyl (C=O) groups is 4. The van der Waals surface area contributed by atoms with Gasteiger partial charge in [-0.05, 0) is 180 Å². The molecule has 390 valence electrons. The lowest BCUT2D eigenvalue weighted by Crippen LogP contribution is -2.44. The summed E-state index contributed by atoms with van der Waals surface area (Å²) in [5, 5.41) is 1.88. The highest BCUT2D eigenvalue weighted by Crippen LogP contribution is 2.25. The molecule has 2 saturated heterocycles. The number of likely N-dealkylation sites (tertiary alicyclic amines) is 2. The summed E-state index contributed by atoms with van der Waals surface area (Å²) in [6.45, 7) is 9.56. The monoisotopic (exact) mass is 987 g/mol. The van der Waals surface area contributed by atoms with E-state index in [4.69, 9.17) is 16.3 Å². The van der Waals surface area contributed by atoms with Crippen molar-refractivity contribution in [1.82, 2.24) is 9.80 Å². The Morgan fingerprint density at radius 3 is 1.18 bits per heavy atom. The molecule has 0 aliphatic carbocycles. The van der Waals surface area contributed by atoms with Gasteiger partial charge < -0.3 is 30.9 Å². The molecule has 73 heavy (non-hydrogen) atoms. The molecule has 2 amide bonds. The largest absolute Gasteiger partial charge is 0.336 e. The van der Waals surface area contributed by atoms with Gasteiger partial charge in [-0.15, -0.1) is 0 Å². The van der Waals surface area contributed by atoms with Crippen LogP contribution in [0, 0.1) is 0 Å². The molecule has 8 heteroatoms. The highest BCUT2D eigenvalue weighted by atomic mass is 16.2. The first-order valence-corrected chi connectivity index (χ1v) is 27.3. The minimum absolute atomic E-state index is 0.0846. The molecule has 0 saturated carbocycles. The minimum Gasteiger partial charge on any atom is -0.336 e. The number of hydrogen-bond acceptors (Lipinski definition) is 6.